The lowest BCUT2D eigenvalue weighted by Gasteiger charge is -2.12. The van der Waals surface area contributed by atoms with Gasteiger partial charge in [-0.05, 0) is 24.3 Å². The summed E-state index contributed by atoms with van der Waals surface area (Å²) in [5.74, 6) is -4.52. The van der Waals surface area contributed by atoms with Gasteiger partial charge in [0.25, 0.3) is 0 Å². The second-order valence-corrected chi connectivity index (χ2v) is 6.18. The third-order valence-electron chi connectivity index (χ3n) is 3.87. The molecule has 172 valence electrons. The van der Waals surface area contributed by atoms with Crippen molar-refractivity contribution in [2.75, 3.05) is 0 Å². The molecule has 0 aromatic heterocycles. The van der Waals surface area contributed by atoms with E-state index in [1.165, 1.54) is 30.3 Å². The van der Waals surface area contributed by atoms with E-state index in [9.17, 15) is 24.0 Å². The summed E-state index contributed by atoms with van der Waals surface area (Å²) >= 11 is 0. The molecule has 0 aliphatic heterocycles. The molecule has 2 aromatic carbocycles. The molecule has 0 atom stereocenters. The fourth-order valence-electron chi connectivity index (χ4n) is 2.44. The number of rotatable bonds is 10. The molecule has 0 radical (unpaired) electrons. The number of ether oxygens (including phenoxy) is 4. The molecule has 0 amide bonds. The van der Waals surface area contributed by atoms with Crippen molar-refractivity contribution in [2.24, 2.45) is 0 Å². The number of carbonyl (C=O) groups excluding carboxylic acids is 5. The van der Waals surface area contributed by atoms with Crippen LogP contribution in [0.3, 0.4) is 0 Å². The Morgan fingerprint density at radius 1 is 0.559 bits per heavy atom. The Balaban J connectivity index is 2.58. The SMILES string of the molecule is C=CC(=O)Oc1cc(OC(=O)C=C)cc(C(=O)c2ccc(OC(=O)C=C)cc2OC(=O)C=C)c1. The first-order valence-corrected chi connectivity index (χ1v) is 9.41. The number of hydrogen-bond donors (Lipinski definition) is 0. The minimum Gasteiger partial charge on any atom is -0.423 e. The molecule has 0 fully saturated rings. The maximum Gasteiger partial charge on any atom is 0.335 e. The van der Waals surface area contributed by atoms with E-state index in [2.05, 4.69) is 26.3 Å². The third kappa shape index (κ3) is 6.72. The van der Waals surface area contributed by atoms with E-state index >= 15 is 0 Å². The largest absolute Gasteiger partial charge is 0.423 e. The highest BCUT2D eigenvalue weighted by atomic mass is 16.6. The van der Waals surface area contributed by atoms with E-state index in [-0.39, 0.29) is 34.1 Å². The Hall–Kier alpha value is -5.05. The summed E-state index contributed by atoms with van der Waals surface area (Å²) in [7, 11) is 0. The number of esters is 4. The standard InChI is InChI=1S/C25H18O9/c1-5-21(26)31-16-9-10-19(20(14-16)34-24(29)8-4)25(30)15-11-17(32-22(27)6-2)13-18(12-15)33-23(28)7-3/h5-14H,1-4H2. The third-order valence-corrected chi connectivity index (χ3v) is 3.87. The van der Waals surface area contributed by atoms with Crippen LogP contribution in [0.15, 0.2) is 87.0 Å². The molecule has 0 bridgehead atoms. The summed E-state index contributed by atoms with van der Waals surface area (Å²) in [6, 6.07) is 7.31. The number of carbonyl (C=O) groups is 5. The number of hydrogen-bond acceptors (Lipinski definition) is 9. The van der Waals surface area contributed by atoms with Gasteiger partial charge in [-0.2, -0.15) is 0 Å². The molecule has 0 heterocycles. The lowest BCUT2D eigenvalue weighted by molar-refractivity contribution is -0.130. The first-order valence-electron chi connectivity index (χ1n) is 9.41. The Morgan fingerprint density at radius 2 is 1.00 bits per heavy atom. The van der Waals surface area contributed by atoms with Crippen LogP contribution in [0.2, 0.25) is 0 Å². The molecule has 9 heteroatoms. The average Bonchev–Trinajstić information content (AvgIpc) is 2.83. The molecule has 0 saturated heterocycles. The van der Waals surface area contributed by atoms with Crippen molar-refractivity contribution in [1.82, 2.24) is 0 Å². The van der Waals surface area contributed by atoms with Gasteiger partial charge in [-0.15, -0.1) is 0 Å². The molecule has 0 saturated carbocycles. The average molecular weight is 462 g/mol. The van der Waals surface area contributed by atoms with Crippen molar-refractivity contribution < 1.29 is 42.9 Å². The quantitative estimate of drug-likeness (QED) is 0.226. The highest BCUT2D eigenvalue weighted by Crippen LogP contribution is 2.31. The van der Waals surface area contributed by atoms with Gasteiger partial charge in [0, 0.05) is 42.0 Å². The Bertz CT molecular complexity index is 1180. The van der Waals surface area contributed by atoms with Gasteiger partial charge >= 0.3 is 23.9 Å². The summed E-state index contributed by atoms with van der Waals surface area (Å²) in [4.78, 5) is 59.8. The fraction of sp³-hybridized carbons (Fsp3) is 0. The van der Waals surface area contributed by atoms with Gasteiger partial charge in [0.05, 0.1) is 5.56 Å². The minimum absolute atomic E-state index is 0.0254. The topological polar surface area (TPSA) is 122 Å². The second-order valence-electron chi connectivity index (χ2n) is 6.18. The monoisotopic (exact) mass is 462 g/mol. The van der Waals surface area contributed by atoms with Crippen molar-refractivity contribution in [3.05, 3.63) is 98.1 Å². The molecule has 9 nitrogen and oxygen atoms in total. The molecule has 0 aliphatic rings. The maximum absolute atomic E-state index is 13.3. The van der Waals surface area contributed by atoms with E-state index in [1.807, 2.05) is 0 Å². The normalized spacial score (nSPS) is 9.65. The summed E-state index contributed by atoms with van der Waals surface area (Å²) in [6.45, 7) is 13.2. The molecule has 34 heavy (non-hydrogen) atoms. The van der Waals surface area contributed by atoms with Crippen LogP contribution in [0.25, 0.3) is 0 Å². The van der Waals surface area contributed by atoms with Crippen molar-refractivity contribution >= 4 is 29.7 Å². The van der Waals surface area contributed by atoms with Gasteiger partial charge in [0.1, 0.15) is 23.0 Å². The van der Waals surface area contributed by atoms with Crippen LogP contribution in [0.5, 0.6) is 23.0 Å². The Morgan fingerprint density at radius 3 is 1.47 bits per heavy atom. The van der Waals surface area contributed by atoms with E-state index in [0.717, 1.165) is 30.4 Å². The highest BCUT2D eigenvalue weighted by molar-refractivity contribution is 6.12. The predicted octanol–water partition coefficient (Wildman–Crippen LogP) is 3.28. The van der Waals surface area contributed by atoms with Crippen molar-refractivity contribution in [1.29, 1.82) is 0 Å². The molecule has 0 N–H and O–H groups in total. The molecule has 0 spiro atoms. The van der Waals surface area contributed by atoms with Crippen molar-refractivity contribution in [3.8, 4) is 23.0 Å². The van der Waals surface area contributed by atoms with E-state index in [0.29, 0.717) is 0 Å². The fourth-order valence-corrected chi connectivity index (χ4v) is 2.44. The zero-order chi connectivity index (χ0) is 25.3. The van der Waals surface area contributed by atoms with Crippen LogP contribution in [-0.4, -0.2) is 29.7 Å². The Kier molecular flexibility index (Phi) is 8.55. The minimum atomic E-state index is -0.879. The number of ketones is 1. The van der Waals surface area contributed by atoms with Crippen molar-refractivity contribution in [2.45, 2.75) is 0 Å². The van der Waals surface area contributed by atoms with Crippen LogP contribution in [0.1, 0.15) is 15.9 Å². The smallest absolute Gasteiger partial charge is 0.335 e. The van der Waals surface area contributed by atoms with E-state index in [4.69, 9.17) is 18.9 Å². The van der Waals surface area contributed by atoms with Crippen molar-refractivity contribution in [3.63, 3.8) is 0 Å². The highest BCUT2D eigenvalue weighted by Gasteiger charge is 2.21. The second kappa shape index (κ2) is 11.5. The summed E-state index contributed by atoms with van der Waals surface area (Å²) in [6.07, 6.45) is 3.61. The van der Waals surface area contributed by atoms with E-state index < -0.39 is 29.7 Å². The molecular formula is C25H18O9. The van der Waals surface area contributed by atoms with Crippen LogP contribution >= 0.6 is 0 Å². The van der Waals surface area contributed by atoms with Gasteiger partial charge in [-0.25, -0.2) is 19.2 Å². The van der Waals surface area contributed by atoms with Crippen LogP contribution in [0, 0.1) is 0 Å². The Labute approximate surface area is 194 Å². The number of benzene rings is 2. The molecule has 2 aromatic rings. The molecular weight excluding hydrogens is 444 g/mol. The summed E-state index contributed by atoms with van der Waals surface area (Å²) < 4.78 is 20.2. The van der Waals surface area contributed by atoms with Crippen LogP contribution in [0.4, 0.5) is 0 Å². The maximum atomic E-state index is 13.3. The lowest BCUT2D eigenvalue weighted by atomic mass is 10.0. The summed E-state index contributed by atoms with van der Waals surface area (Å²) in [5, 5.41) is 0. The van der Waals surface area contributed by atoms with Gasteiger partial charge in [-0.3, -0.25) is 4.79 Å². The first-order chi connectivity index (χ1) is 16.2. The first kappa shape index (κ1) is 25.2. The summed E-state index contributed by atoms with van der Waals surface area (Å²) in [5.41, 5.74) is -0.213. The molecule has 0 unspecified atom stereocenters. The molecule has 2 rings (SSSR count). The van der Waals surface area contributed by atoms with Gasteiger partial charge in [0.15, 0.2) is 5.78 Å². The zero-order valence-electron chi connectivity index (χ0n) is 17.8. The van der Waals surface area contributed by atoms with Gasteiger partial charge in [-0.1, -0.05) is 26.3 Å². The van der Waals surface area contributed by atoms with Gasteiger partial charge in [0.2, 0.25) is 0 Å². The predicted molar refractivity (Wildman–Crippen MR) is 120 cm³/mol. The van der Waals surface area contributed by atoms with Crippen LogP contribution in [-0.2, 0) is 19.2 Å². The van der Waals surface area contributed by atoms with E-state index in [1.54, 1.807) is 0 Å². The van der Waals surface area contributed by atoms with Gasteiger partial charge < -0.3 is 18.9 Å². The lowest BCUT2D eigenvalue weighted by Crippen LogP contribution is -2.12. The molecule has 0 aliphatic carbocycles. The van der Waals surface area contributed by atoms with Crippen LogP contribution < -0.4 is 18.9 Å². The zero-order valence-corrected chi connectivity index (χ0v) is 17.8.